The van der Waals surface area contributed by atoms with Crippen molar-refractivity contribution >= 4 is 11.6 Å². The van der Waals surface area contributed by atoms with E-state index < -0.39 is 0 Å². The molecule has 28 heavy (non-hydrogen) atoms. The number of amides is 1. The van der Waals surface area contributed by atoms with Crippen molar-refractivity contribution in [3.63, 3.8) is 0 Å². The van der Waals surface area contributed by atoms with Crippen molar-refractivity contribution in [2.45, 2.75) is 25.4 Å². The van der Waals surface area contributed by atoms with E-state index in [9.17, 15) is 4.79 Å². The third kappa shape index (κ3) is 3.96. The predicted molar refractivity (Wildman–Crippen MR) is 102 cm³/mol. The van der Waals surface area contributed by atoms with Gasteiger partial charge in [-0.3, -0.25) is 4.79 Å². The van der Waals surface area contributed by atoms with Crippen molar-refractivity contribution in [3.8, 4) is 5.88 Å². The molecule has 3 aromatic rings. The fraction of sp³-hybridized carbons (Fsp3) is 0.400. The summed E-state index contributed by atoms with van der Waals surface area (Å²) >= 11 is 0. The number of aromatic nitrogens is 4. The number of morpholine rings is 1. The fourth-order valence-corrected chi connectivity index (χ4v) is 3.38. The maximum atomic E-state index is 12.7. The Hall–Kier alpha value is -3.00. The second-order valence-electron chi connectivity index (χ2n) is 6.73. The summed E-state index contributed by atoms with van der Waals surface area (Å²) in [6.45, 7) is 1.79. The normalized spacial score (nSPS) is 17.0. The smallest absolute Gasteiger partial charge is 0.231 e. The Labute approximate surface area is 163 Å². The highest BCUT2D eigenvalue weighted by Crippen LogP contribution is 2.22. The Kier molecular flexibility index (Phi) is 5.48. The Morgan fingerprint density at radius 2 is 2.07 bits per heavy atom. The van der Waals surface area contributed by atoms with Gasteiger partial charge in [-0.05, 0) is 18.1 Å². The van der Waals surface area contributed by atoms with Crippen molar-refractivity contribution in [2.75, 3.05) is 26.8 Å². The molecular formula is C20H23N5O3. The minimum atomic E-state index is -0.0593. The lowest BCUT2D eigenvalue weighted by atomic mass is 10.1. The summed E-state index contributed by atoms with van der Waals surface area (Å²) in [6, 6.07) is 13.6. The van der Waals surface area contributed by atoms with Crippen LogP contribution >= 0.6 is 0 Å². The number of aryl methyl sites for hydroxylation is 1. The second kappa shape index (κ2) is 8.35. The molecule has 0 N–H and O–H groups in total. The molecule has 1 aliphatic heterocycles. The molecule has 0 aliphatic carbocycles. The van der Waals surface area contributed by atoms with Crippen molar-refractivity contribution in [3.05, 3.63) is 53.9 Å². The molecule has 0 bridgehead atoms. The first kappa shape index (κ1) is 18.4. The van der Waals surface area contributed by atoms with Gasteiger partial charge in [0.05, 0.1) is 20.3 Å². The number of benzene rings is 1. The topological polar surface area (TPSA) is 81.9 Å². The van der Waals surface area contributed by atoms with E-state index in [0.717, 1.165) is 11.4 Å². The van der Waals surface area contributed by atoms with Gasteiger partial charge in [0.2, 0.25) is 11.8 Å². The second-order valence-corrected chi connectivity index (χ2v) is 6.73. The molecule has 0 saturated carbocycles. The molecule has 8 heteroatoms. The molecule has 1 aromatic carbocycles. The lowest BCUT2D eigenvalue weighted by Crippen LogP contribution is -2.42. The van der Waals surface area contributed by atoms with Gasteiger partial charge in [-0.2, -0.15) is 4.52 Å². The number of hydrogen-bond donors (Lipinski definition) is 0. The molecule has 2 aromatic heterocycles. The average molecular weight is 381 g/mol. The van der Waals surface area contributed by atoms with E-state index in [1.807, 2.05) is 41.3 Å². The SMILES string of the molecule is COc1ccc2nnc(CCCC(=O)N3CCO[C@@H](c4ccccc4)C3)n2n1. The summed E-state index contributed by atoms with van der Waals surface area (Å²) in [7, 11) is 1.57. The van der Waals surface area contributed by atoms with Crippen LogP contribution in [0.2, 0.25) is 0 Å². The predicted octanol–water partition coefficient (Wildman–Crippen LogP) is 2.06. The number of nitrogens with zero attached hydrogens (tertiary/aromatic N) is 5. The quantitative estimate of drug-likeness (QED) is 0.650. The highest BCUT2D eigenvalue weighted by molar-refractivity contribution is 5.76. The van der Waals surface area contributed by atoms with Gasteiger partial charge in [-0.1, -0.05) is 30.3 Å². The number of hydrogen-bond acceptors (Lipinski definition) is 6. The molecule has 1 aliphatic rings. The number of rotatable bonds is 6. The van der Waals surface area contributed by atoms with Crippen molar-refractivity contribution in [1.29, 1.82) is 0 Å². The van der Waals surface area contributed by atoms with Crippen LogP contribution in [0.5, 0.6) is 5.88 Å². The molecule has 0 radical (unpaired) electrons. The summed E-state index contributed by atoms with van der Waals surface area (Å²) < 4.78 is 12.7. The lowest BCUT2D eigenvalue weighted by Gasteiger charge is -2.33. The van der Waals surface area contributed by atoms with Crippen LogP contribution in [0, 0.1) is 0 Å². The first-order valence-corrected chi connectivity index (χ1v) is 9.44. The minimum Gasteiger partial charge on any atom is -0.480 e. The van der Waals surface area contributed by atoms with Crippen LogP contribution in [0.15, 0.2) is 42.5 Å². The minimum absolute atomic E-state index is 0.0593. The van der Waals surface area contributed by atoms with Crippen LogP contribution in [-0.2, 0) is 16.0 Å². The highest BCUT2D eigenvalue weighted by atomic mass is 16.5. The zero-order chi connectivity index (χ0) is 19.3. The maximum absolute atomic E-state index is 12.7. The zero-order valence-electron chi connectivity index (χ0n) is 15.8. The van der Waals surface area contributed by atoms with Gasteiger partial charge in [-0.25, -0.2) is 0 Å². The molecule has 8 nitrogen and oxygen atoms in total. The van der Waals surface area contributed by atoms with Crippen molar-refractivity contribution in [1.82, 2.24) is 24.7 Å². The third-order valence-electron chi connectivity index (χ3n) is 4.89. The van der Waals surface area contributed by atoms with Crippen molar-refractivity contribution in [2.24, 2.45) is 0 Å². The lowest BCUT2D eigenvalue weighted by molar-refractivity contribution is -0.139. The average Bonchev–Trinajstić information content (AvgIpc) is 3.16. The van der Waals surface area contributed by atoms with Gasteiger partial charge in [0.15, 0.2) is 11.5 Å². The maximum Gasteiger partial charge on any atom is 0.231 e. The summed E-state index contributed by atoms with van der Waals surface area (Å²) in [4.78, 5) is 14.6. The molecule has 1 atom stereocenters. The molecule has 146 valence electrons. The Bertz CT molecular complexity index is 943. The first-order chi connectivity index (χ1) is 13.7. The molecule has 1 fully saturated rings. The van der Waals surface area contributed by atoms with E-state index in [1.165, 1.54) is 0 Å². The third-order valence-corrected chi connectivity index (χ3v) is 4.89. The van der Waals surface area contributed by atoms with E-state index in [4.69, 9.17) is 9.47 Å². The van der Waals surface area contributed by atoms with Gasteiger partial charge in [0, 0.05) is 25.5 Å². The van der Waals surface area contributed by atoms with E-state index in [-0.39, 0.29) is 12.0 Å². The molecule has 1 amide bonds. The van der Waals surface area contributed by atoms with E-state index in [2.05, 4.69) is 15.3 Å². The summed E-state index contributed by atoms with van der Waals surface area (Å²) in [5.41, 5.74) is 1.77. The number of carbonyl (C=O) groups excluding carboxylic acids is 1. The molecular weight excluding hydrogens is 358 g/mol. The summed E-state index contributed by atoms with van der Waals surface area (Å²) in [5, 5.41) is 12.6. The van der Waals surface area contributed by atoms with E-state index >= 15 is 0 Å². The monoisotopic (exact) mass is 381 g/mol. The van der Waals surface area contributed by atoms with E-state index in [1.54, 1.807) is 17.7 Å². The Balaban J connectivity index is 1.33. The van der Waals surface area contributed by atoms with Gasteiger partial charge < -0.3 is 14.4 Å². The van der Waals surface area contributed by atoms with E-state index in [0.29, 0.717) is 50.5 Å². The fourth-order valence-electron chi connectivity index (χ4n) is 3.38. The summed E-state index contributed by atoms with van der Waals surface area (Å²) in [6.07, 6.45) is 1.71. The molecule has 4 rings (SSSR count). The van der Waals surface area contributed by atoms with Gasteiger partial charge in [0.1, 0.15) is 6.10 Å². The van der Waals surface area contributed by atoms with Gasteiger partial charge in [0.25, 0.3) is 0 Å². The Morgan fingerprint density at radius 3 is 2.89 bits per heavy atom. The van der Waals surface area contributed by atoms with Crippen molar-refractivity contribution < 1.29 is 14.3 Å². The van der Waals surface area contributed by atoms with Crippen LogP contribution in [-0.4, -0.2) is 57.4 Å². The van der Waals surface area contributed by atoms with Gasteiger partial charge in [-0.15, -0.1) is 15.3 Å². The highest BCUT2D eigenvalue weighted by Gasteiger charge is 2.25. The van der Waals surface area contributed by atoms with Crippen LogP contribution in [0.3, 0.4) is 0 Å². The largest absolute Gasteiger partial charge is 0.480 e. The summed E-state index contributed by atoms with van der Waals surface area (Å²) in [5.74, 6) is 1.37. The molecule has 1 saturated heterocycles. The first-order valence-electron chi connectivity index (χ1n) is 9.44. The molecule has 3 heterocycles. The van der Waals surface area contributed by atoms with Crippen LogP contribution in [0.1, 0.15) is 30.3 Å². The number of methoxy groups -OCH3 is 1. The van der Waals surface area contributed by atoms with Crippen LogP contribution < -0.4 is 4.74 Å². The standard InChI is InChI=1S/C20H23N5O3/c1-27-19-11-10-18-22-21-17(25(18)23-19)8-5-9-20(26)24-12-13-28-16(14-24)15-6-3-2-4-7-15/h2-4,6-7,10-11,16H,5,8-9,12-14H2,1H3/t16-/m1/s1. The molecule has 0 unspecified atom stereocenters. The number of ether oxygens (including phenoxy) is 2. The zero-order valence-corrected chi connectivity index (χ0v) is 15.8. The number of carbonyl (C=O) groups is 1. The van der Waals surface area contributed by atoms with Gasteiger partial charge >= 0.3 is 0 Å². The number of fused-ring (bicyclic) bond motifs is 1. The van der Waals surface area contributed by atoms with Crippen LogP contribution in [0.25, 0.3) is 5.65 Å². The molecule has 0 spiro atoms. The Morgan fingerprint density at radius 1 is 1.21 bits per heavy atom. The van der Waals surface area contributed by atoms with Crippen LogP contribution in [0.4, 0.5) is 0 Å².